The highest BCUT2D eigenvalue weighted by molar-refractivity contribution is 5.82. The van der Waals surface area contributed by atoms with Crippen molar-refractivity contribution < 1.29 is 9.53 Å². The molecule has 0 radical (unpaired) electrons. The van der Waals surface area contributed by atoms with Crippen molar-refractivity contribution in [2.75, 3.05) is 7.11 Å². The molecule has 1 fully saturated rings. The molecule has 1 aromatic heterocycles. The van der Waals surface area contributed by atoms with Crippen LogP contribution in [0.5, 0.6) is 5.75 Å². The number of methoxy groups -OCH3 is 1. The Kier molecular flexibility index (Phi) is 5.22. The predicted octanol–water partition coefficient (Wildman–Crippen LogP) is 3.39. The third kappa shape index (κ3) is 4.30. The molecule has 142 valence electrons. The molecule has 27 heavy (non-hydrogen) atoms. The molecule has 0 unspecified atom stereocenters. The van der Waals surface area contributed by atoms with Crippen molar-refractivity contribution in [3.63, 3.8) is 0 Å². The maximum Gasteiger partial charge on any atom is 0.290 e. The molecule has 1 aliphatic rings. The Bertz CT molecular complexity index is 918. The number of hydrogen-bond acceptors (Lipinski definition) is 3. The summed E-state index contributed by atoms with van der Waals surface area (Å²) in [5.74, 6) is 0.331. The largest absolute Gasteiger partial charge is 0.491 e. The summed E-state index contributed by atoms with van der Waals surface area (Å²) in [5.41, 5.74) is 3.61. The first-order valence-corrected chi connectivity index (χ1v) is 9.18. The van der Waals surface area contributed by atoms with Gasteiger partial charge >= 0.3 is 0 Å². The third-order valence-electron chi connectivity index (χ3n) is 4.84. The number of pyridine rings is 1. The Morgan fingerprint density at radius 2 is 1.81 bits per heavy atom. The number of aromatic amines is 1. The molecule has 1 saturated heterocycles. The highest BCUT2D eigenvalue weighted by Gasteiger charge is 2.21. The first kappa shape index (κ1) is 19.0. The molecule has 0 bridgehead atoms. The van der Waals surface area contributed by atoms with Gasteiger partial charge in [0.05, 0.1) is 7.11 Å². The summed E-state index contributed by atoms with van der Waals surface area (Å²) >= 11 is 0. The smallest absolute Gasteiger partial charge is 0.290 e. The minimum atomic E-state index is -0.275. The SMILES string of the molecule is COc1ccc(C(=C[C@H]2CCC(=O)N2)c2ccc(C(C)(C)C)cc2)[nH]c1=O. The van der Waals surface area contributed by atoms with Crippen molar-refractivity contribution in [3.8, 4) is 5.75 Å². The Morgan fingerprint density at radius 1 is 1.11 bits per heavy atom. The summed E-state index contributed by atoms with van der Waals surface area (Å²) in [6, 6.07) is 11.8. The second-order valence-corrected chi connectivity index (χ2v) is 7.89. The van der Waals surface area contributed by atoms with Crippen LogP contribution in [0.1, 0.15) is 50.4 Å². The molecular weight excluding hydrogens is 340 g/mol. The Labute approximate surface area is 159 Å². The highest BCUT2D eigenvalue weighted by atomic mass is 16.5. The molecule has 0 saturated carbocycles. The van der Waals surface area contributed by atoms with Gasteiger partial charge in [-0.1, -0.05) is 51.1 Å². The predicted molar refractivity (Wildman–Crippen MR) is 107 cm³/mol. The maximum atomic E-state index is 12.2. The summed E-state index contributed by atoms with van der Waals surface area (Å²) < 4.78 is 5.07. The van der Waals surface area contributed by atoms with E-state index in [0.29, 0.717) is 12.1 Å². The lowest BCUT2D eigenvalue weighted by atomic mass is 9.86. The van der Waals surface area contributed by atoms with Crippen molar-refractivity contribution in [2.24, 2.45) is 0 Å². The van der Waals surface area contributed by atoms with Crippen LogP contribution >= 0.6 is 0 Å². The second kappa shape index (κ2) is 7.43. The molecule has 3 rings (SSSR count). The van der Waals surface area contributed by atoms with E-state index >= 15 is 0 Å². The molecule has 1 aliphatic heterocycles. The summed E-state index contributed by atoms with van der Waals surface area (Å²) in [7, 11) is 1.47. The van der Waals surface area contributed by atoms with Crippen molar-refractivity contribution >= 4 is 11.5 Å². The molecule has 1 atom stereocenters. The quantitative estimate of drug-likeness (QED) is 0.871. The first-order chi connectivity index (χ1) is 12.8. The molecule has 1 aromatic carbocycles. The van der Waals surface area contributed by atoms with Crippen LogP contribution in [0.2, 0.25) is 0 Å². The Hall–Kier alpha value is -2.82. The third-order valence-corrected chi connectivity index (χ3v) is 4.84. The lowest BCUT2D eigenvalue weighted by Gasteiger charge is -2.20. The van der Waals surface area contributed by atoms with Crippen LogP contribution in [0.4, 0.5) is 0 Å². The van der Waals surface area contributed by atoms with Crippen LogP contribution in [-0.2, 0) is 10.2 Å². The van der Waals surface area contributed by atoms with E-state index in [0.717, 1.165) is 17.6 Å². The van der Waals surface area contributed by atoms with Gasteiger partial charge in [-0.3, -0.25) is 9.59 Å². The lowest BCUT2D eigenvalue weighted by molar-refractivity contribution is -0.119. The number of hydrogen-bond donors (Lipinski definition) is 2. The number of rotatable bonds is 4. The summed E-state index contributed by atoms with van der Waals surface area (Å²) in [6.07, 6.45) is 3.30. The number of carbonyl (C=O) groups excluding carboxylic acids is 1. The number of ether oxygens (including phenoxy) is 1. The lowest BCUT2D eigenvalue weighted by Crippen LogP contribution is -2.23. The van der Waals surface area contributed by atoms with Gasteiger partial charge < -0.3 is 15.0 Å². The van der Waals surface area contributed by atoms with Crippen molar-refractivity contribution in [2.45, 2.75) is 45.1 Å². The van der Waals surface area contributed by atoms with Gasteiger partial charge in [0.25, 0.3) is 5.56 Å². The van der Waals surface area contributed by atoms with Gasteiger partial charge in [-0.25, -0.2) is 0 Å². The zero-order chi connectivity index (χ0) is 19.6. The summed E-state index contributed by atoms with van der Waals surface area (Å²) in [4.78, 5) is 26.7. The molecule has 5 heteroatoms. The van der Waals surface area contributed by atoms with E-state index in [-0.39, 0.29) is 28.7 Å². The van der Waals surface area contributed by atoms with E-state index in [1.807, 2.05) is 12.1 Å². The van der Waals surface area contributed by atoms with E-state index in [1.165, 1.54) is 12.7 Å². The van der Waals surface area contributed by atoms with Gasteiger partial charge in [-0.2, -0.15) is 0 Å². The van der Waals surface area contributed by atoms with Crippen LogP contribution in [0.15, 0.2) is 47.3 Å². The van der Waals surface area contributed by atoms with Crippen LogP contribution < -0.4 is 15.6 Å². The number of carbonyl (C=O) groups is 1. The molecule has 2 aromatic rings. The van der Waals surface area contributed by atoms with Gasteiger partial charge in [0.2, 0.25) is 5.91 Å². The number of amides is 1. The van der Waals surface area contributed by atoms with Gasteiger partial charge in [0.15, 0.2) is 5.75 Å². The average Bonchev–Trinajstić information content (AvgIpc) is 3.04. The fraction of sp³-hybridized carbons (Fsp3) is 0.364. The molecule has 5 nitrogen and oxygen atoms in total. The number of benzene rings is 1. The minimum Gasteiger partial charge on any atom is -0.491 e. The average molecular weight is 366 g/mol. The molecule has 0 aliphatic carbocycles. The van der Waals surface area contributed by atoms with Crippen LogP contribution in [0.3, 0.4) is 0 Å². The highest BCUT2D eigenvalue weighted by Crippen LogP contribution is 2.28. The standard InChI is InChI=1S/C22H26N2O3/c1-22(2,3)15-7-5-14(6-8-15)17(13-16-9-12-20(25)23-16)18-10-11-19(27-4)21(26)24-18/h5-8,10-11,13,16H,9,12H2,1-4H3,(H,23,25)(H,24,26)/t16-/m1/s1. The van der Waals surface area contributed by atoms with Crippen molar-refractivity contribution in [1.29, 1.82) is 0 Å². The van der Waals surface area contributed by atoms with E-state index in [1.54, 1.807) is 6.07 Å². The zero-order valence-corrected chi connectivity index (χ0v) is 16.3. The number of H-pyrrole nitrogens is 1. The fourth-order valence-corrected chi connectivity index (χ4v) is 3.23. The van der Waals surface area contributed by atoms with E-state index in [4.69, 9.17) is 4.74 Å². The van der Waals surface area contributed by atoms with Crippen molar-refractivity contribution in [1.82, 2.24) is 10.3 Å². The van der Waals surface area contributed by atoms with E-state index in [2.05, 4.69) is 55.3 Å². The van der Waals surface area contributed by atoms with Gasteiger partial charge in [-0.15, -0.1) is 0 Å². The number of nitrogens with one attached hydrogen (secondary N) is 2. The molecule has 2 N–H and O–H groups in total. The summed E-state index contributed by atoms with van der Waals surface area (Å²) in [5, 5.41) is 2.96. The van der Waals surface area contributed by atoms with Crippen LogP contribution in [0.25, 0.3) is 5.57 Å². The number of aromatic nitrogens is 1. The van der Waals surface area contributed by atoms with Gasteiger partial charge in [0, 0.05) is 23.7 Å². The molecule has 0 spiro atoms. The van der Waals surface area contributed by atoms with Crippen LogP contribution in [0, 0.1) is 0 Å². The summed E-state index contributed by atoms with van der Waals surface area (Å²) in [6.45, 7) is 6.52. The maximum absolute atomic E-state index is 12.2. The van der Waals surface area contributed by atoms with Crippen LogP contribution in [-0.4, -0.2) is 24.0 Å². The van der Waals surface area contributed by atoms with Gasteiger partial charge in [-0.05, 0) is 35.1 Å². The minimum absolute atomic E-state index is 0.0413. The topological polar surface area (TPSA) is 71.2 Å². The normalized spacial score (nSPS) is 17.7. The molecule has 2 heterocycles. The van der Waals surface area contributed by atoms with Crippen molar-refractivity contribution in [3.05, 3.63) is 69.6 Å². The Morgan fingerprint density at radius 3 is 2.33 bits per heavy atom. The second-order valence-electron chi connectivity index (χ2n) is 7.89. The fourth-order valence-electron chi connectivity index (χ4n) is 3.23. The molecule has 1 amide bonds. The zero-order valence-electron chi connectivity index (χ0n) is 16.3. The van der Waals surface area contributed by atoms with Gasteiger partial charge in [0.1, 0.15) is 0 Å². The van der Waals surface area contributed by atoms with E-state index < -0.39 is 0 Å². The Balaban J connectivity index is 2.05. The monoisotopic (exact) mass is 366 g/mol. The van der Waals surface area contributed by atoms with E-state index in [9.17, 15) is 9.59 Å². The first-order valence-electron chi connectivity index (χ1n) is 9.18. The molecular formula is C22H26N2O3.